The molecule has 0 nitrogen and oxygen atoms in total. The predicted octanol–water partition coefficient (Wildman–Crippen LogP) is 13.6. The van der Waals surface area contributed by atoms with Crippen molar-refractivity contribution in [1.29, 1.82) is 0 Å². The van der Waals surface area contributed by atoms with Crippen molar-refractivity contribution < 1.29 is 0 Å². The Hall–Kier alpha value is -5.98. The summed E-state index contributed by atoms with van der Waals surface area (Å²) >= 11 is 0. The summed E-state index contributed by atoms with van der Waals surface area (Å²) < 4.78 is 0. The molecule has 0 atom stereocenters. The largest absolute Gasteiger partial charge is 0.0616 e. The second-order valence-corrected chi connectivity index (χ2v) is 14.1. The highest BCUT2D eigenvalue weighted by molar-refractivity contribution is 6.25. The summed E-state index contributed by atoms with van der Waals surface area (Å²) in [5.41, 5.74) is 12.9. The molecule has 0 saturated carbocycles. The van der Waals surface area contributed by atoms with Crippen molar-refractivity contribution in [2.45, 2.75) is 19.3 Å². The first kappa shape index (κ1) is 28.1. The minimum absolute atomic E-state index is 0.0980. The third-order valence-corrected chi connectivity index (χ3v) is 11.1. The van der Waals surface area contributed by atoms with E-state index in [0.717, 1.165) is 0 Å². The van der Waals surface area contributed by atoms with Crippen molar-refractivity contribution in [3.8, 4) is 44.5 Å². The van der Waals surface area contributed by atoms with Crippen LogP contribution in [0.25, 0.3) is 87.6 Å². The highest BCUT2D eigenvalue weighted by Crippen LogP contribution is 2.51. The van der Waals surface area contributed by atoms with Crippen LogP contribution in [0, 0.1) is 0 Å². The van der Waals surface area contributed by atoms with Crippen LogP contribution in [-0.2, 0) is 5.41 Å². The van der Waals surface area contributed by atoms with Gasteiger partial charge in [-0.3, -0.25) is 0 Å². The van der Waals surface area contributed by atoms with Crippen molar-refractivity contribution in [1.82, 2.24) is 0 Å². The third kappa shape index (κ3) is 4.24. The van der Waals surface area contributed by atoms with Crippen LogP contribution in [0.3, 0.4) is 0 Å². The van der Waals surface area contributed by atoms with Gasteiger partial charge >= 0.3 is 0 Å². The zero-order valence-corrected chi connectivity index (χ0v) is 27.7. The molecule has 10 rings (SSSR count). The van der Waals surface area contributed by atoms with Gasteiger partial charge in [0.1, 0.15) is 0 Å². The normalized spacial score (nSPS) is 13.3. The van der Waals surface area contributed by atoms with Gasteiger partial charge in [0.25, 0.3) is 0 Å². The van der Waals surface area contributed by atoms with Crippen LogP contribution in [0.1, 0.15) is 25.0 Å². The molecule has 9 aromatic rings. The number of hydrogen-bond donors (Lipinski definition) is 0. The minimum atomic E-state index is -0.0980. The zero-order chi connectivity index (χ0) is 32.7. The Labute approximate surface area is 286 Å². The maximum atomic E-state index is 2.43. The van der Waals surface area contributed by atoms with Gasteiger partial charge in [0.2, 0.25) is 0 Å². The van der Waals surface area contributed by atoms with Crippen molar-refractivity contribution >= 4 is 43.1 Å². The van der Waals surface area contributed by atoms with E-state index in [0.29, 0.717) is 0 Å². The smallest absolute Gasteiger partial charge is 0.0159 e. The van der Waals surface area contributed by atoms with Crippen LogP contribution in [0.15, 0.2) is 170 Å². The highest BCUT2D eigenvalue weighted by Gasteiger charge is 2.36. The molecule has 230 valence electrons. The van der Waals surface area contributed by atoms with Crippen molar-refractivity contribution in [2.75, 3.05) is 0 Å². The first-order chi connectivity index (χ1) is 24.0. The molecule has 0 amide bonds. The summed E-state index contributed by atoms with van der Waals surface area (Å²) in [6, 6.07) is 63.1. The topological polar surface area (TPSA) is 0 Å². The van der Waals surface area contributed by atoms with Crippen molar-refractivity contribution in [3.05, 3.63) is 181 Å². The molecule has 0 unspecified atom stereocenters. The van der Waals surface area contributed by atoms with Gasteiger partial charge in [-0.1, -0.05) is 166 Å². The highest BCUT2D eigenvalue weighted by atomic mass is 14.4. The summed E-state index contributed by atoms with van der Waals surface area (Å²) in [5, 5.41) is 10.4. The molecule has 49 heavy (non-hydrogen) atoms. The molecule has 9 aromatic carbocycles. The maximum absolute atomic E-state index is 2.43. The average Bonchev–Trinajstić information content (AvgIpc) is 3.39. The SMILES string of the molecule is CC1(C)c2cc(-c3ccc(-c4ccc5c6ccccc6c6ccccc6c5c4)cc3)ccc2-c2ccc(-c3cccc4ccccc34)cc21. The molecule has 0 spiro atoms. The zero-order valence-electron chi connectivity index (χ0n) is 27.7. The molecule has 0 fully saturated rings. The number of fused-ring (bicyclic) bond motifs is 10. The Balaban J connectivity index is 1.01. The fraction of sp³-hybridized carbons (Fsp3) is 0.0612. The van der Waals surface area contributed by atoms with Crippen LogP contribution >= 0.6 is 0 Å². The third-order valence-electron chi connectivity index (χ3n) is 11.1. The lowest BCUT2D eigenvalue weighted by atomic mass is 9.80. The predicted molar refractivity (Wildman–Crippen MR) is 210 cm³/mol. The Morgan fingerprint density at radius 1 is 0.286 bits per heavy atom. The molecular weight excluding hydrogens is 589 g/mol. The Morgan fingerprint density at radius 3 is 1.35 bits per heavy atom. The molecule has 0 radical (unpaired) electrons. The van der Waals surface area contributed by atoms with Gasteiger partial charge in [0, 0.05) is 5.41 Å². The first-order valence-corrected chi connectivity index (χ1v) is 17.3. The Kier molecular flexibility index (Phi) is 6.02. The lowest BCUT2D eigenvalue weighted by Crippen LogP contribution is -2.15. The minimum Gasteiger partial charge on any atom is -0.0616 e. The van der Waals surface area contributed by atoms with Gasteiger partial charge < -0.3 is 0 Å². The Bertz CT molecular complexity index is 2740. The lowest BCUT2D eigenvalue weighted by molar-refractivity contribution is 0.661. The fourth-order valence-corrected chi connectivity index (χ4v) is 8.50. The van der Waals surface area contributed by atoms with Gasteiger partial charge in [-0.2, -0.15) is 0 Å². The van der Waals surface area contributed by atoms with E-state index in [1.54, 1.807) is 0 Å². The van der Waals surface area contributed by atoms with E-state index in [-0.39, 0.29) is 5.41 Å². The summed E-state index contributed by atoms with van der Waals surface area (Å²) in [6.45, 7) is 4.76. The Morgan fingerprint density at radius 2 is 0.714 bits per heavy atom. The summed E-state index contributed by atoms with van der Waals surface area (Å²) in [5.74, 6) is 0. The van der Waals surface area contributed by atoms with Crippen LogP contribution in [0.5, 0.6) is 0 Å². The summed E-state index contributed by atoms with van der Waals surface area (Å²) in [7, 11) is 0. The van der Waals surface area contributed by atoms with Crippen LogP contribution in [-0.4, -0.2) is 0 Å². The van der Waals surface area contributed by atoms with Crippen molar-refractivity contribution in [2.24, 2.45) is 0 Å². The molecule has 1 aliphatic rings. The second-order valence-electron chi connectivity index (χ2n) is 14.1. The molecule has 0 N–H and O–H groups in total. The van der Waals surface area contributed by atoms with Gasteiger partial charge in [0.15, 0.2) is 0 Å². The monoisotopic (exact) mass is 622 g/mol. The van der Waals surface area contributed by atoms with E-state index < -0.39 is 0 Å². The molecule has 0 saturated heterocycles. The number of benzene rings is 9. The maximum Gasteiger partial charge on any atom is 0.0159 e. The fourth-order valence-electron chi connectivity index (χ4n) is 8.50. The number of rotatable bonds is 3. The van der Waals surface area contributed by atoms with Gasteiger partial charge in [-0.15, -0.1) is 0 Å². The van der Waals surface area contributed by atoms with E-state index >= 15 is 0 Å². The summed E-state index contributed by atoms with van der Waals surface area (Å²) in [6.07, 6.45) is 0. The van der Waals surface area contributed by atoms with Gasteiger partial charge in [-0.25, -0.2) is 0 Å². The number of hydrogen-bond acceptors (Lipinski definition) is 0. The average molecular weight is 623 g/mol. The van der Waals surface area contributed by atoms with Crippen LogP contribution in [0.2, 0.25) is 0 Å². The summed E-state index contributed by atoms with van der Waals surface area (Å²) in [4.78, 5) is 0. The standard InChI is InChI=1S/C49H34/c1-49(2)47-29-35(23-26-44(47)45-27-24-36(30-48(45)49)38-17-9-11-33-10-3-4-12-37(33)38)32-20-18-31(19-21-32)34-22-25-43-41-15-6-5-13-39(41)40-14-7-8-16-42(40)46(43)28-34/h3-30H,1-2H3. The molecule has 0 bridgehead atoms. The first-order valence-electron chi connectivity index (χ1n) is 17.3. The molecule has 0 heterocycles. The van der Waals surface area contributed by atoms with E-state index in [4.69, 9.17) is 0 Å². The molecule has 1 aliphatic carbocycles. The molecule has 0 aromatic heterocycles. The van der Waals surface area contributed by atoms with Gasteiger partial charge in [0.05, 0.1) is 0 Å². The van der Waals surface area contributed by atoms with E-state index in [9.17, 15) is 0 Å². The van der Waals surface area contributed by atoms with Gasteiger partial charge in [-0.05, 0) is 117 Å². The van der Waals surface area contributed by atoms with Crippen molar-refractivity contribution in [3.63, 3.8) is 0 Å². The molecule has 0 aliphatic heterocycles. The second kappa shape index (κ2) is 10.5. The van der Waals surface area contributed by atoms with E-state index in [1.807, 2.05) is 0 Å². The van der Waals surface area contributed by atoms with Crippen LogP contribution < -0.4 is 0 Å². The van der Waals surface area contributed by atoms with Crippen LogP contribution in [0.4, 0.5) is 0 Å². The van der Waals surface area contributed by atoms with E-state index in [1.165, 1.54) is 98.7 Å². The quantitative estimate of drug-likeness (QED) is 0.172. The molecular formula is C49H34. The molecule has 0 heteroatoms. The van der Waals surface area contributed by atoms with E-state index in [2.05, 4.69) is 184 Å². The lowest BCUT2D eigenvalue weighted by Gasteiger charge is -2.23.